The number of hydrogen-bond acceptors (Lipinski definition) is 3. The van der Waals surface area contributed by atoms with Crippen LogP contribution in [0.2, 0.25) is 0 Å². The smallest absolute Gasteiger partial charge is 0.0623 e. The van der Waals surface area contributed by atoms with Crippen molar-refractivity contribution in [2.24, 2.45) is 5.92 Å². The Labute approximate surface area is 94.2 Å². The highest BCUT2D eigenvalue weighted by Gasteiger charge is 2.28. The molecule has 3 nitrogen and oxygen atoms in total. The number of rotatable bonds is 6. The molecule has 0 aromatic rings. The highest BCUT2D eigenvalue weighted by atomic mass is 16.5. The standard InChI is InChI=1S/C12H26N2O/c1-5-10(3)14(4)7-11-8-15-9-12(11)13-6-2/h10-13H,5-9H2,1-4H3. The minimum Gasteiger partial charge on any atom is -0.379 e. The Bertz CT molecular complexity index is 175. The molecule has 3 heteroatoms. The van der Waals surface area contributed by atoms with E-state index in [4.69, 9.17) is 4.74 Å². The lowest BCUT2D eigenvalue weighted by Crippen LogP contribution is -2.42. The van der Waals surface area contributed by atoms with Gasteiger partial charge in [-0.05, 0) is 26.9 Å². The third kappa shape index (κ3) is 3.74. The number of likely N-dealkylation sites (N-methyl/N-ethyl adjacent to an activating group) is 1. The summed E-state index contributed by atoms with van der Waals surface area (Å²) in [5, 5.41) is 3.51. The highest BCUT2D eigenvalue weighted by Crippen LogP contribution is 2.16. The molecular weight excluding hydrogens is 188 g/mol. The maximum absolute atomic E-state index is 5.55. The van der Waals surface area contributed by atoms with Crippen LogP contribution in [0.1, 0.15) is 27.2 Å². The molecule has 1 saturated heterocycles. The van der Waals surface area contributed by atoms with Crippen LogP contribution in [-0.2, 0) is 4.74 Å². The molecule has 1 N–H and O–H groups in total. The molecule has 90 valence electrons. The number of ether oxygens (including phenoxy) is 1. The Morgan fingerprint density at radius 2 is 2.13 bits per heavy atom. The van der Waals surface area contributed by atoms with E-state index in [9.17, 15) is 0 Å². The van der Waals surface area contributed by atoms with Crippen molar-refractivity contribution in [1.29, 1.82) is 0 Å². The molecule has 0 aromatic heterocycles. The molecule has 0 spiro atoms. The van der Waals surface area contributed by atoms with Gasteiger partial charge >= 0.3 is 0 Å². The Morgan fingerprint density at radius 3 is 2.73 bits per heavy atom. The summed E-state index contributed by atoms with van der Waals surface area (Å²) in [5.41, 5.74) is 0. The fourth-order valence-corrected chi connectivity index (χ4v) is 2.13. The summed E-state index contributed by atoms with van der Waals surface area (Å²) in [6.07, 6.45) is 1.22. The predicted octanol–water partition coefficient (Wildman–Crippen LogP) is 1.34. The number of nitrogens with zero attached hydrogens (tertiary/aromatic N) is 1. The molecule has 3 unspecified atom stereocenters. The second-order valence-electron chi connectivity index (χ2n) is 4.66. The Kier molecular flexibility index (Phi) is 5.58. The average molecular weight is 214 g/mol. The molecule has 0 aromatic carbocycles. The van der Waals surface area contributed by atoms with Crippen molar-refractivity contribution in [3.8, 4) is 0 Å². The van der Waals surface area contributed by atoms with Crippen LogP contribution in [0.3, 0.4) is 0 Å². The van der Waals surface area contributed by atoms with Gasteiger partial charge in [-0.3, -0.25) is 0 Å². The lowest BCUT2D eigenvalue weighted by atomic mass is 10.0. The van der Waals surface area contributed by atoms with Crippen molar-refractivity contribution in [2.75, 3.05) is 33.4 Å². The van der Waals surface area contributed by atoms with E-state index in [-0.39, 0.29) is 0 Å². The van der Waals surface area contributed by atoms with Crippen LogP contribution >= 0.6 is 0 Å². The first-order chi connectivity index (χ1) is 7.19. The molecule has 0 amide bonds. The highest BCUT2D eigenvalue weighted by molar-refractivity contribution is 4.83. The molecule has 0 radical (unpaired) electrons. The van der Waals surface area contributed by atoms with Crippen molar-refractivity contribution in [1.82, 2.24) is 10.2 Å². The summed E-state index contributed by atoms with van der Waals surface area (Å²) in [6.45, 7) is 10.7. The van der Waals surface area contributed by atoms with Gasteiger partial charge in [0, 0.05) is 24.5 Å². The summed E-state index contributed by atoms with van der Waals surface area (Å²) in [4.78, 5) is 2.45. The monoisotopic (exact) mass is 214 g/mol. The molecule has 1 rings (SSSR count). The zero-order valence-corrected chi connectivity index (χ0v) is 10.6. The molecule has 1 fully saturated rings. The normalized spacial score (nSPS) is 28.6. The Hall–Kier alpha value is -0.120. The van der Waals surface area contributed by atoms with Gasteiger partial charge < -0.3 is 15.0 Å². The predicted molar refractivity (Wildman–Crippen MR) is 64.2 cm³/mol. The minimum atomic E-state index is 0.557. The van der Waals surface area contributed by atoms with E-state index in [1.54, 1.807) is 0 Å². The first-order valence-electron chi connectivity index (χ1n) is 6.20. The van der Waals surface area contributed by atoms with Crippen molar-refractivity contribution in [2.45, 2.75) is 39.3 Å². The summed E-state index contributed by atoms with van der Waals surface area (Å²) in [5.74, 6) is 0.656. The average Bonchev–Trinajstić information content (AvgIpc) is 2.65. The van der Waals surface area contributed by atoms with Crippen LogP contribution in [0.15, 0.2) is 0 Å². The third-order valence-electron chi connectivity index (χ3n) is 3.53. The fourth-order valence-electron chi connectivity index (χ4n) is 2.13. The first-order valence-corrected chi connectivity index (χ1v) is 6.20. The fraction of sp³-hybridized carbons (Fsp3) is 1.00. The zero-order chi connectivity index (χ0) is 11.3. The van der Waals surface area contributed by atoms with Crippen molar-refractivity contribution in [3.63, 3.8) is 0 Å². The van der Waals surface area contributed by atoms with E-state index in [0.29, 0.717) is 18.0 Å². The number of nitrogens with one attached hydrogen (secondary N) is 1. The van der Waals surface area contributed by atoms with Crippen LogP contribution in [0.4, 0.5) is 0 Å². The van der Waals surface area contributed by atoms with Crippen LogP contribution in [-0.4, -0.2) is 50.3 Å². The van der Waals surface area contributed by atoms with Crippen LogP contribution in [0.25, 0.3) is 0 Å². The van der Waals surface area contributed by atoms with Crippen LogP contribution in [0.5, 0.6) is 0 Å². The quantitative estimate of drug-likeness (QED) is 0.722. The molecule has 3 atom stereocenters. The SMILES string of the molecule is CCNC1COCC1CN(C)C(C)CC. The molecule has 0 saturated carbocycles. The van der Waals surface area contributed by atoms with Gasteiger partial charge in [-0.2, -0.15) is 0 Å². The molecule has 1 heterocycles. The van der Waals surface area contributed by atoms with E-state index in [1.165, 1.54) is 6.42 Å². The summed E-state index contributed by atoms with van der Waals surface area (Å²) < 4.78 is 5.55. The van der Waals surface area contributed by atoms with Gasteiger partial charge in [0.25, 0.3) is 0 Å². The second kappa shape index (κ2) is 6.46. The molecule has 0 aliphatic carbocycles. The summed E-state index contributed by atoms with van der Waals surface area (Å²) >= 11 is 0. The largest absolute Gasteiger partial charge is 0.379 e. The van der Waals surface area contributed by atoms with E-state index in [0.717, 1.165) is 26.3 Å². The van der Waals surface area contributed by atoms with Crippen molar-refractivity contribution < 1.29 is 4.74 Å². The first kappa shape index (κ1) is 12.9. The van der Waals surface area contributed by atoms with E-state index >= 15 is 0 Å². The lowest BCUT2D eigenvalue weighted by molar-refractivity contribution is 0.162. The molecular formula is C12H26N2O. The Morgan fingerprint density at radius 1 is 1.40 bits per heavy atom. The lowest BCUT2D eigenvalue weighted by Gasteiger charge is -2.28. The topological polar surface area (TPSA) is 24.5 Å². The van der Waals surface area contributed by atoms with Gasteiger partial charge in [0.15, 0.2) is 0 Å². The number of hydrogen-bond donors (Lipinski definition) is 1. The van der Waals surface area contributed by atoms with Gasteiger partial charge in [-0.25, -0.2) is 0 Å². The summed E-state index contributed by atoms with van der Waals surface area (Å²) in [7, 11) is 2.22. The van der Waals surface area contributed by atoms with Gasteiger partial charge in [-0.15, -0.1) is 0 Å². The van der Waals surface area contributed by atoms with Gasteiger partial charge in [0.2, 0.25) is 0 Å². The van der Waals surface area contributed by atoms with Gasteiger partial charge in [0.05, 0.1) is 13.2 Å². The molecule has 1 aliphatic rings. The van der Waals surface area contributed by atoms with E-state index in [2.05, 4.69) is 38.0 Å². The minimum absolute atomic E-state index is 0.557. The molecule has 1 aliphatic heterocycles. The summed E-state index contributed by atoms with van der Waals surface area (Å²) in [6, 6.07) is 1.23. The van der Waals surface area contributed by atoms with Crippen LogP contribution in [0, 0.1) is 5.92 Å². The van der Waals surface area contributed by atoms with Crippen molar-refractivity contribution >= 4 is 0 Å². The maximum Gasteiger partial charge on any atom is 0.0623 e. The van der Waals surface area contributed by atoms with Gasteiger partial charge in [-0.1, -0.05) is 13.8 Å². The van der Waals surface area contributed by atoms with Crippen molar-refractivity contribution in [3.05, 3.63) is 0 Å². The zero-order valence-electron chi connectivity index (χ0n) is 10.6. The van der Waals surface area contributed by atoms with Crippen LogP contribution < -0.4 is 5.32 Å². The van der Waals surface area contributed by atoms with E-state index < -0.39 is 0 Å². The molecule has 15 heavy (non-hydrogen) atoms. The Balaban J connectivity index is 2.35. The third-order valence-corrected chi connectivity index (χ3v) is 3.53. The van der Waals surface area contributed by atoms with E-state index in [1.807, 2.05) is 0 Å². The van der Waals surface area contributed by atoms with Gasteiger partial charge in [0.1, 0.15) is 0 Å². The molecule has 0 bridgehead atoms. The second-order valence-corrected chi connectivity index (χ2v) is 4.66. The maximum atomic E-state index is 5.55.